The molecule has 7 heteroatoms. The van der Waals surface area contributed by atoms with Crippen molar-refractivity contribution in [3.63, 3.8) is 0 Å². The molecule has 0 saturated carbocycles. The van der Waals surface area contributed by atoms with E-state index in [-0.39, 0.29) is 29.1 Å². The topological polar surface area (TPSA) is 77.5 Å². The van der Waals surface area contributed by atoms with Crippen molar-refractivity contribution < 1.29 is 17.9 Å². The van der Waals surface area contributed by atoms with E-state index in [4.69, 9.17) is 9.47 Å². The Labute approximate surface area is 119 Å². The van der Waals surface area contributed by atoms with Gasteiger partial charge in [0.2, 0.25) is 5.88 Å². The van der Waals surface area contributed by atoms with E-state index in [1.807, 2.05) is 13.8 Å². The molecular weight excluding hydrogens is 280 g/mol. The summed E-state index contributed by atoms with van der Waals surface area (Å²) in [6.45, 7) is 5.70. The molecule has 2 heterocycles. The maximum Gasteiger partial charge on any atom is 0.232 e. The lowest BCUT2D eigenvalue weighted by Gasteiger charge is -2.36. The van der Waals surface area contributed by atoms with Crippen molar-refractivity contribution in [3.05, 3.63) is 18.3 Å². The lowest BCUT2D eigenvalue weighted by atomic mass is 10.1. The summed E-state index contributed by atoms with van der Waals surface area (Å²) in [5, 5.41) is 3.26. The van der Waals surface area contributed by atoms with Crippen LogP contribution in [0.5, 0.6) is 5.88 Å². The third-order valence-corrected chi connectivity index (χ3v) is 4.06. The quantitative estimate of drug-likeness (QED) is 0.879. The first kappa shape index (κ1) is 15.2. The Morgan fingerprint density at radius 3 is 2.95 bits per heavy atom. The SMILES string of the molecule is CC1(C)CNCC(COc2ncccc2S(C)(=O)=O)O1. The zero-order valence-electron chi connectivity index (χ0n) is 11.9. The molecule has 0 spiro atoms. The average Bonchev–Trinajstić information content (AvgIpc) is 2.34. The summed E-state index contributed by atoms with van der Waals surface area (Å²) in [4.78, 5) is 4.09. The Morgan fingerprint density at radius 1 is 1.55 bits per heavy atom. The van der Waals surface area contributed by atoms with Gasteiger partial charge in [0.1, 0.15) is 17.6 Å². The van der Waals surface area contributed by atoms with E-state index in [2.05, 4.69) is 10.3 Å². The minimum atomic E-state index is -3.35. The molecule has 1 aliphatic heterocycles. The Kier molecular flexibility index (Phi) is 4.31. The number of nitrogens with one attached hydrogen (secondary N) is 1. The van der Waals surface area contributed by atoms with E-state index >= 15 is 0 Å². The number of aromatic nitrogens is 1. The molecule has 0 aliphatic carbocycles. The number of pyridine rings is 1. The standard InChI is InChI=1S/C13H20N2O4S/c1-13(2)9-14-7-10(19-13)8-18-12-11(20(3,16)17)5-4-6-15-12/h4-6,10,14H,7-9H2,1-3H3. The van der Waals surface area contributed by atoms with E-state index in [1.54, 1.807) is 6.07 Å². The number of ether oxygens (including phenoxy) is 2. The van der Waals surface area contributed by atoms with Crippen molar-refractivity contribution in [2.75, 3.05) is 26.0 Å². The van der Waals surface area contributed by atoms with E-state index in [0.717, 1.165) is 12.8 Å². The zero-order chi connectivity index (χ0) is 14.8. The molecule has 1 N–H and O–H groups in total. The maximum atomic E-state index is 11.6. The number of nitrogens with zero attached hydrogens (tertiary/aromatic N) is 1. The molecule has 0 amide bonds. The van der Waals surface area contributed by atoms with Gasteiger partial charge >= 0.3 is 0 Å². The molecule has 0 bridgehead atoms. The molecule has 1 aromatic heterocycles. The largest absolute Gasteiger partial charge is 0.474 e. The summed E-state index contributed by atoms with van der Waals surface area (Å²) >= 11 is 0. The van der Waals surface area contributed by atoms with Crippen LogP contribution in [0.4, 0.5) is 0 Å². The van der Waals surface area contributed by atoms with Crippen LogP contribution in [0.3, 0.4) is 0 Å². The van der Waals surface area contributed by atoms with Crippen molar-refractivity contribution >= 4 is 9.84 Å². The van der Waals surface area contributed by atoms with E-state index in [1.165, 1.54) is 12.3 Å². The third kappa shape index (κ3) is 3.91. The van der Waals surface area contributed by atoms with Crippen LogP contribution >= 0.6 is 0 Å². The first-order valence-electron chi connectivity index (χ1n) is 6.44. The Hall–Kier alpha value is -1.18. The molecular formula is C13H20N2O4S. The predicted octanol–water partition coefficient (Wildman–Crippen LogP) is 0.631. The van der Waals surface area contributed by atoms with Gasteiger partial charge in [0.05, 0.1) is 5.60 Å². The summed E-state index contributed by atoms with van der Waals surface area (Å²) < 4.78 is 34.7. The summed E-state index contributed by atoms with van der Waals surface area (Å²) in [5.74, 6) is 0.127. The molecule has 0 aromatic carbocycles. The Morgan fingerprint density at radius 2 is 2.30 bits per heavy atom. The van der Waals surface area contributed by atoms with Gasteiger partial charge in [-0.15, -0.1) is 0 Å². The van der Waals surface area contributed by atoms with Crippen molar-refractivity contribution in [1.82, 2.24) is 10.3 Å². The summed E-state index contributed by atoms with van der Waals surface area (Å²) in [7, 11) is -3.35. The molecule has 1 atom stereocenters. The normalized spacial score (nSPS) is 22.4. The summed E-state index contributed by atoms with van der Waals surface area (Å²) in [6, 6.07) is 3.06. The zero-order valence-corrected chi connectivity index (χ0v) is 12.7. The van der Waals surface area contributed by atoms with Crippen LogP contribution < -0.4 is 10.1 Å². The van der Waals surface area contributed by atoms with Crippen LogP contribution in [-0.2, 0) is 14.6 Å². The predicted molar refractivity (Wildman–Crippen MR) is 74.7 cm³/mol. The lowest BCUT2D eigenvalue weighted by Crippen LogP contribution is -2.52. The summed E-state index contributed by atoms with van der Waals surface area (Å²) in [5.41, 5.74) is -0.254. The van der Waals surface area contributed by atoms with Crippen molar-refractivity contribution in [3.8, 4) is 5.88 Å². The molecule has 1 fully saturated rings. The van der Waals surface area contributed by atoms with Crippen LogP contribution in [0.2, 0.25) is 0 Å². The first-order chi connectivity index (χ1) is 9.28. The van der Waals surface area contributed by atoms with Crippen LogP contribution in [0.1, 0.15) is 13.8 Å². The van der Waals surface area contributed by atoms with Gasteiger partial charge in [-0.25, -0.2) is 13.4 Å². The van der Waals surface area contributed by atoms with Gasteiger partial charge in [-0.2, -0.15) is 0 Å². The molecule has 112 valence electrons. The summed E-state index contributed by atoms with van der Waals surface area (Å²) in [6.07, 6.45) is 2.51. The van der Waals surface area contributed by atoms with Gasteiger partial charge in [0.15, 0.2) is 9.84 Å². The number of hydrogen-bond acceptors (Lipinski definition) is 6. The molecule has 1 saturated heterocycles. The molecule has 2 rings (SSSR count). The lowest BCUT2D eigenvalue weighted by molar-refractivity contribution is -0.107. The van der Waals surface area contributed by atoms with Gasteiger partial charge in [-0.1, -0.05) is 0 Å². The highest BCUT2D eigenvalue weighted by Crippen LogP contribution is 2.21. The minimum Gasteiger partial charge on any atom is -0.474 e. The monoisotopic (exact) mass is 300 g/mol. The van der Waals surface area contributed by atoms with Gasteiger partial charge < -0.3 is 14.8 Å². The maximum absolute atomic E-state index is 11.6. The second-order valence-electron chi connectivity index (χ2n) is 5.52. The van der Waals surface area contributed by atoms with Crippen LogP contribution in [0.15, 0.2) is 23.2 Å². The smallest absolute Gasteiger partial charge is 0.232 e. The van der Waals surface area contributed by atoms with Gasteiger partial charge in [0.25, 0.3) is 0 Å². The minimum absolute atomic E-state index is 0.100. The fourth-order valence-electron chi connectivity index (χ4n) is 2.10. The first-order valence-corrected chi connectivity index (χ1v) is 8.33. The highest BCUT2D eigenvalue weighted by atomic mass is 32.2. The molecule has 1 aliphatic rings. The van der Waals surface area contributed by atoms with Crippen LogP contribution in [-0.4, -0.2) is 51.1 Å². The number of rotatable bonds is 4. The van der Waals surface area contributed by atoms with E-state index in [0.29, 0.717) is 6.54 Å². The molecule has 1 aromatic rings. The Bertz CT molecular complexity index is 571. The fraction of sp³-hybridized carbons (Fsp3) is 0.615. The third-order valence-electron chi connectivity index (χ3n) is 2.95. The number of morpholine rings is 1. The second-order valence-corrected chi connectivity index (χ2v) is 7.50. The molecule has 1 unspecified atom stereocenters. The number of hydrogen-bond donors (Lipinski definition) is 1. The Balaban J connectivity index is 2.05. The van der Waals surface area contributed by atoms with Gasteiger partial charge in [0, 0.05) is 25.5 Å². The average molecular weight is 300 g/mol. The van der Waals surface area contributed by atoms with E-state index < -0.39 is 9.84 Å². The molecule has 0 radical (unpaired) electrons. The van der Waals surface area contributed by atoms with Crippen molar-refractivity contribution in [2.45, 2.75) is 30.4 Å². The van der Waals surface area contributed by atoms with E-state index in [9.17, 15) is 8.42 Å². The molecule has 6 nitrogen and oxygen atoms in total. The highest BCUT2D eigenvalue weighted by molar-refractivity contribution is 7.90. The van der Waals surface area contributed by atoms with Crippen LogP contribution in [0.25, 0.3) is 0 Å². The molecule has 20 heavy (non-hydrogen) atoms. The second kappa shape index (κ2) is 5.67. The highest BCUT2D eigenvalue weighted by Gasteiger charge is 2.29. The fourth-order valence-corrected chi connectivity index (χ4v) is 2.85. The van der Waals surface area contributed by atoms with Gasteiger partial charge in [-0.05, 0) is 26.0 Å². The van der Waals surface area contributed by atoms with Crippen molar-refractivity contribution in [2.24, 2.45) is 0 Å². The van der Waals surface area contributed by atoms with Crippen molar-refractivity contribution in [1.29, 1.82) is 0 Å². The van der Waals surface area contributed by atoms with Gasteiger partial charge in [-0.3, -0.25) is 0 Å². The number of sulfone groups is 1. The van der Waals surface area contributed by atoms with Crippen LogP contribution in [0, 0.1) is 0 Å².